The molecule has 1 N–H and O–H groups in total. The molecule has 1 aliphatic heterocycles. The molecule has 2 aromatic carbocycles. The number of halogens is 2. The second-order valence-corrected chi connectivity index (χ2v) is 7.96. The van der Waals surface area contributed by atoms with Gasteiger partial charge < -0.3 is 14.7 Å². The van der Waals surface area contributed by atoms with Gasteiger partial charge in [0.25, 0.3) is 0 Å². The number of hydrogen-bond acceptors (Lipinski definition) is 4. The highest BCUT2D eigenvalue weighted by atomic mass is 35.5. The van der Waals surface area contributed by atoms with Crippen LogP contribution in [-0.2, 0) is 16.0 Å². The number of azide groups is 1. The molecule has 0 spiro atoms. The van der Waals surface area contributed by atoms with E-state index in [1.54, 1.807) is 18.2 Å². The van der Waals surface area contributed by atoms with Gasteiger partial charge in [-0.2, -0.15) is 0 Å². The number of benzene rings is 2. The van der Waals surface area contributed by atoms with E-state index in [-0.39, 0.29) is 30.7 Å². The summed E-state index contributed by atoms with van der Waals surface area (Å²) in [7, 11) is 1.17. The van der Waals surface area contributed by atoms with Crippen LogP contribution in [0.4, 0.5) is 4.39 Å². The van der Waals surface area contributed by atoms with Crippen molar-refractivity contribution in [2.75, 3.05) is 13.2 Å². The Hall–Kier alpha value is -2.87. The van der Waals surface area contributed by atoms with Crippen molar-refractivity contribution in [3.63, 3.8) is 0 Å². The van der Waals surface area contributed by atoms with Crippen LogP contribution in [0, 0.1) is 11.2 Å². The van der Waals surface area contributed by atoms with E-state index in [4.69, 9.17) is 17.1 Å². The standard InChI is InChI=1S/C21H20BClFN4O3/c23-16-5-6-19(24)18(10-16)15-3-1-14(2-4-15)9-17-11-21(12-29,7-8-26-27-25)20(31)28(17)22-13-30/h1-6,10,13,17,29H,7-9,11-12H2/t17-,21?/m1/s1. The van der Waals surface area contributed by atoms with Gasteiger partial charge in [0.15, 0.2) is 0 Å². The molecule has 0 aromatic heterocycles. The maximum Gasteiger partial charge on any atom is 0.331 e. The molecule has 1 heterocycles. The van der Waals surface area contributed by atoms with Crippen LogP contribution in [0.5, 0.6) is 0 Å². The van der Waals surface area contributed by atoms with Crippen molar-refractivity contribution in [1.82, 2.24) is 4.81 Å². The number of aliphatic hydroxyl groups is 1. The van der Waals surface area contributed by atoms with Gasteiger partial charge in [0.05, 0.1) is 12.0 Å². The van der Waals surface area contributed by atoms with Gasteiger partial charge in [-0.15, -0.1) is 0 Å². The molecule has 31 heavy (non-hydrogen) atoms. The highest BCUT2D eigenvalue weighted by Crippen LogP contribution is 2.40. The van der Waals surface area contributed by atoms with Gasteiger partial charge in [0.2, 0.25) is 5.91 Å². The highest BCUT2D eigenvalue weighted by Gasteiger charge is 2.50. The Morgan fingerprint density at radius 3 is 2.74 bits per heavy atom. The Labute approximate surface area is 184 Å². The average molecular weight is 442 g/mol. The summed E-state index contributed by atoms with van der Waals surface area (Å²) < 4.78 is 14.1. The quantitative estimate of drug-likeness (QED) is 0.210. The minimum Gasteiger partial charge on any atom is -0.395 e. The number of carbonyl (C=O) groups excluding carboxylic acids is 2. The predicted molar refractivity (Wildman–Crippen MR) is 116 cm³/mol. The molecule has 1 radical (unpaired) electrons. The van der Waals surface area contributed by atoms with Gasteiger partial charge >= 0.3 is 7.41 Å². The van der Waals surface area contributed by atoms with E-state index in [0.717, 1.165) is 5.56 Å². The number of nitrogens with zero attached hydrogens (tertiary/aromatic N) is 4. The molecule has 0 aliphatic carbocycles. The van der Waals surface area contributed by atoms with E-state index in [1.807, 2.05) is 12.1 Å². The SMILES string of the molecule is [N-]=[N+]=NCCC1(CO)C[C@@H](Cc2ccc(-c3cc(Cl)ccc3F)cc2)N([B]C=O)C1=O. The monoisotopic (exact) mass is 441 g/mol. The Kier molecular flexibility index (Phi) is 7.33. The molecule has 1 fully saturated rings. The molecule has 1 saturated heterocycles. The molecule has 1 amide bonds. The highest BCUT2D eigenvalue weighted by molar-refractivity contribution is 6.66. The van der Waals surface area contributed by atoms with Crippen molar-refractivity contribution in [3.05, 3.63) is 69.3 Å². The number of aliphatic hydroxyl groups excluding tert-OH is 1. The van der Waals surface area contributed by atoms with Crippen molar-refractivity contribution in [3.8, 4) is 11.1 Å². The third-order valence-electron chi connectivity index (χ3n) is 5.65. The number of hydrogen-bond donors (Lipinski definition) is 1. The molecular weight excluding hydrogens is 422 g/mol. The Bertz CT molecular complexity index is 1020. The lowest BCUT2D eigenvalue weighted by Crippen LogP contribution is -2.42. The van der Waals surface area contributed by atoms with Gasteiger partial charge in [0.1, 0.15) is 12.0 Å². The zero-order valence-corrected chi connectivity index (χ0v) is 17.4. The van der Waals surface area contributed by atoms with Crippen molar-refractivity contribution >= 4 is 31.1 Å². The van der Waals surface area contributed by atoms with Gasteiger partial charge in [-0.25, -0.2) is 4.39 Å². The van der Waals surface area contributed by atoms with Crippen LogP contribution in [0.15, 0.2) is 47.6 Å². The molecule has 1 aliphatic rings. The first-order valence-electron chi connectivity index (χ1n) is 9.71. The first kappa shape index (κ1) is 22.8. The summed E-state index contributed by atoms with van der Waals surface area (Å²) in [5.74, 6) is -0.740. The molecule has 3 rings (SSSR count). The van der Waals surface area contributed by atoms with Crippen LogP contribution in [0.25, 0.3) is 21.6 Å². The summed E-state index contributed by atoms with van der Waals surface area (Å²) in [5.41, 5.74) is 9.35. The van der Waals surface area contributed by atoms with E-state index in [9.17, 15) is 19.1 Å². The maximum atomic E-state index is 14.1. The summed E-state index contributed by atoms with van der Waals surface area (Å²) in [5, 5.41) is 13.8. The molecular formula is C21H20BClFN4O3. The fourth-order valence-electron chi connectivity index (χ4n) is 4.04. The number of amides is 1. The van der Waals surface area contributed by atoms with Gasteiger partial charge in [-0.3, -0.25) is 4.79 Å². The third-order valence-corrected chi connectivity index (χ3v) is 5.89. The number of rotatable bonds is 9. The van der Waals surface area contributed by atoms with Crippen molar-refractivity contribution in [2.45, 2.75) is 25.3 Å². The molecule has 0 bridgehead atoms. The topological polar surface area (TPSA) is 106 Å². The number of carbonyl (C=O) groups is 2. The summed E-state index contributed by atoms with van der Waals surface area (Å²) in [6, 6.07) is 11.2. The second-order valence-electron chi connectivity index (χ2n) is 7.52. The van der Waals surface area contributed by atoms with Gasteiger partial charge in [0, 0.05) is 28.1 Å². The van der Waals surface area contributed by atoms with E-state index < -0.39 is 12.0 Å². The largest absolute Gasteiger partial charge is 0.395 e. The lowest BCUT2D eigenvalue weighted by atomic mass is 9.81. The van der Waals surface area contributed by atoms with Crippen molar-refractivity contribution < 1.29 is 19.1 Å². The predicted octanol–water partition coefficient (Wildman–Crippen LogP) is 3.78. The van der Waals surface area contributed by atoms with Crippen LogP contribution in [0.3, 0.4) is 0 Å². The van der Waals surface area contributed by atoms with Crippen LogP contribution in [0.1, 0.15) is 18.4 Å². The molecule has 2 aromatic rings. The minimum absolute atomic E-state index is 0.0738. The normalized spacial score (nSPS) is 20.4. The van der Waals surface area contributed by atoms with Crippen LogP contribution in [-0.4, -0.2) is 48.6 Å². The summed E-state index contributed by atoms with van der Waals surface area (Å²) in [4.78, 5) is 28.1. The van der Waals surface area contributed by atoms with Gasteiger partial charge in [-0.1, -0.05) is 41.0 Å². The van der Waals surface area contributed by atoms with Crippen molar-refractivity contribution in [2.24, 2.45) is 10.5 Å². The van der Waals surface area contributed by atoms with E-state index in [2.05, 4.69) is 10.0 Å². The summed E-state index contributed by atoms with van der Waals surface area (Å²) >= 11 is 5.97. The molecule has 1 unspecified atom stereocenters. The van der Waals surface area contributed by atoms with Crippen LogP contribution in [0.2, 0.25) is 5.02 Å². The Morgan fingerprint density at radius 1 is 1.35 bits per heavy atom. The fourth-order valence-corrected chi connectivity index (χ4v) is 4.21. The van der Waals surface area contributed by atoms with E-state index in [1.165, 1.54) is 24.4 Å². The zero-order chi connectivity index (χ0) is 22.4. The summed E-state index contributed by atoms with van der Waals surface area (Å²) in [6.45, 7) is -0.330. The molecule has 7 nitrogen and oxygen atoms in total. The Balaban J connectivity index is 1.81. The molecule has 0 saturated carbocycles. The molecule has 159 valence electrons. The molecule has 10 heteroatoms. The first-order chi connectivity index (χ1) is 14.9. The lowest BCUT2D eigenvalue weighted by Gasteiger charge is -2.24. The van der Waals surface area contributed by atoms with Gasteiger partial charge in [-0.05, 0) is 54.1 Å². The summed E-state index contributed by atoms with van der Waals surface area (Å²) in [6.07, 6.45) is 1.49. The smallest absolute Gasteiger partial charge is 0.331 e. The Morgan fingerprint density at radius 2 is 2.10 bits per heavy atom. The minimum atomic E-state index is -1.10. The first-order valence-corrected chi connectivity index (χ1v) is 10.1. The van der Waals surface area contributed by atoms with E-state index >= 15 is 0 Å². The average Bonchev–Trinajstić information content (AvgIpc) is 3.02. The van der Waals surface area contributed by atoms with Crippen LogP contribution >= 0.6 is 11.6 Å². The maximum absolute atomic E-state index is 14.1. The zero-order valence-electron chi connectivity index (χ0n) is 16.6. The third kappa shape index (κ3) is 4.90. The van der Waals surface area contributed by atoms with Crippen molar-refractivity contribution in [1.29, 1.82) is 0 Å². The lowest BCUT2D eigenvalue weighted by molar-refractivity contribution is -0.134. The van der Waals surface area contributed by atoms with E-state index in [0.29, 0.717) is 35.2 Å². The second kappa shape index (κ2) is 9.96. The van der Waals surface area contributed by atoms with Crippen LogP contribution < -0.4 is 0 Å². The molecule has 2 atom stereocenters. The fraction of sp³-hybridized carbons (Fsp3) is 0.333.